The van der Waals surface area contributed by atoms with Gasteiger partial charge in [-0.15, -0.1) is 0 Å². The third-order valence-corrected chi connectivity index (χ3v) is 6.36. The molecule has 0 spiro atoms. The van der Waals surface area contributed by atoms with E-state index in [0.29, 0.717) is 47.2 Å². The number of phenols is 1. The van der Waals surface area contributed by atoms with Crippen molar-refractivity contribution in [3.05, 3.63) is 72.1 Å². The van der Waals surface area contributed by atoms with E-state index in [1.807, 2.05) is 13.0 Å². The van der Waals surface area contributed by atoms with E-state index in [4.69, 9.17) is 5.73 Å². The predicted molar refractivity (Wildman–Crippen MR) is 136 cm³/mol. The lowest BCUT2D eigenvalue weighted by atomic mass is 10.1. The van der Waals surface area contributed by atoms with Gasteiger partial charge in [0.1, 0.15) is 11.6 Å². The smallest absolute Gasteiger partial charge is 0.220 e. The number of halogens is 1. The maximum atomic E-state index is 14.4. The first-order valence-electron chi connectivity index (χ1n) is 11.8. The molecule has 35 heavy (non-hydrogen) atoms. The Hall–Kier alpha value is -3.98. The largest absolute Gasteiger partial charge is 0.508 e. The fraction of sp³-hybridized carbons (Fsp3) is 0.269. The van der Waals surface area contributed by atoms with E-state index in [9.17, 15) is 9.50 Å². The predicted octanol–water partition coefficient (Wildman–Crippen LogP) is 4.00. The van der Waals surface area contributed by atoms with Gasteiger partial charge in [0.05, 0.1) is 28.7 Å². The van der Waals surface area contributed by atoms with Crippen LogP contribution in [0.1, 0.15) is 30.9 Å². The average Bonchev–Trinajstić information content (AvgIpc) is 3.53. The van der Waals surface area contributed by atoms with Gasteiger partial charge in [0.15, 0.2) is 0 Å². The minimum Gasteiger partial charge on any atom is -0.508 e. The number of fused-ring (bicyclic) bond motifs is 1. The number of aromatic nitrogens is 3. The highest BCUT2D eigenvalue weighted by Gasteiger charge is 2.19. The Kier molecular flexibility index (Phi) is 6.33. The number of benzene rings is 1. The standard InChI is InChI=1S/C26H28FN7O/c1-2-16-11-19(35)7-8-22(16)33-26(28)21-14-32-34-15-17(20-6-4-10-30-25(20)27)12-23(34)24(21)31-13-18-5-3-9-29-18/h4,6-8,10-12,14-15,18,29,31,35H,2-3,5,9,13H2,1H3,(H2,28,33)/t18-/m1/s1. The van der Waals surface area contributed by atoms with E-state index in [2.05, 4.69) is 25.7 Å². The highest BCUT2D eigenvalue weighted by molar-refractivity contribution is 6.06. The first-order chi connectivity index (χ1) is 17.0. The van der Waals surface area contributed by atoms with Crippen LogP contribution in [0.25, 0.3) is 16.6 Å². The van der Waals surface area contributed by atoms with Gasteiger partial charge < -0.3 is 21.5 Å². The zero-order valence-electron chi connectivity index (χ0n) is 19.5. The van der Waals surface area contributed by atoms with Crippen LogP contribution >= 0.6 is 0 Å². The van der Waals surface area contributed by atoms with E-state index in [1.54, 1.807) is 47.2 Å². The molecule has 1 aliphatic rings. The van der Waals surface area contributed by atoms with Crippen LogP contribution < -0.4 is 16.4 Å². The summed E-state index contributed by atoms with van der Waals surface area (Å²) in [6, 6.07) is 10.7. The number of nitrogens with zero attached hydrogens (tertiary/aromatic N) is 4. The van der Waals surface area contributed by atoms with Crippen LogP contribution in [0, 0.1) is 5.95 Å². The summed E-state index contributed by atoms with van der Waals surface area (Å²) in [6.07, 6.45) is 7.82. The summed E-state index contributed by atoms with van der Waals surface area (Å²) in [7, 11) is 0. The summed E-state index contributed by atoms with van der Waals surface area (Å²) in [5.74, 6) is -0.0383. The van der Waals surface area contributed by atoms with Crippen molar-refractivity contribution in [3.8, 4) is 16.9 Å². The van der Waals surface area contributed by atoms with Crippen molar-refractivity contribution in [2.24, 2.45) is 10.7 Å². The van der Waals surface area contributed by atoms with E-state index in [-0.39, 0.29) is 5.75 Å². The lowest BCUT2D eigenvalue weighted by Gasteiger charge is -2.17. The molecule has 0 radical (unpaired) electrons. The minimum atomic E-state index is -0.534. The second-order valence-corrected chi connectivity index (χ2v) is 8.67. The molecule has 0 saturated carbocycles. The van der Waals surface area contributed by atoms with Crippen LogP contribution in [-0.2, 0) is 6.42 Å². The number of amidine groups is 1. The van der Waals surface area contributed by atoms with Gasteiger partial charge in [-0.25, -0.2) is 14.5 Å². The lowest BCUT2D eigenvalue weighted by molar-refractivity contribution is 0.474. The van der Waals surface area contributed by atoms with Crippen molar-refractivity contribution >= 4 is 22.7 Å². The molecule has 0 bridgehead atoms. The fourth-order valence-electron chi connectivity index (χ4n) is 4.50. The molecule has 1 atom stereocenters. The van der Waals surface area contributed by atoms with Crippen LogP contribution in [0.2, 0.25) is 0 Å². The van der Waals surface area contributed by atoms with Crippen LogP contribution in [0.4, 0.5) is 15.8 Å². The molecule has 0 unspecified atom stereocenters. The van der Waals surface area contributed by atoms with Crippen molar-refractivity contribution in [2.75, 3.05) is 18.4 Å². The number of aromatic hydroxyl groups is 1. The zero-order chi connectivity index (χ0) is 24.4. The maximum absolute atomic E-state index is 14.4. The Morgan fingerprint density at radius 2 is 2.23 bits per heavy atom. The molecule has 180 valence electrons. The van der Waals surface area contributed by atoms with Gasteiger partial charge in [-0.3, -0.25) is 0 Å². The number of nitrogens with two attached hydrogens (primary N) is 1. The summed E-state index contributed by atoms with van der Waals surface area (Å²) in [4.78, 5) is 8.45. The van der Waals surface area contributed by atoms with Crippen molar-refractivity contribution in [3.63, 3.8) is 0 Å². The summed E-state index contributed by atoms with van der Waals surface area (Å²) in [5, 5.41) is 21.4. The quantitative estimate of drug-likeness (QED) is 0.183. The number of hydrogen-bond acceptors (Lipinski definition) is 6. The highest BCUT2D eigenvalue weighted by atomic mass is 19.1. The van der Waals surface area contributed by atoms with Crippen molar-refractivity contribution < 1.29 is 9.50 Å². The molecule has 1 saturated heterocycles. The Labute approximate surface area is 202 Å². The molecule has 3 aromatic heterocycles. The van der Waals surface area contributed by atoms with E-state index in [0.717, 1.165) is 36.2 Å². The van der Waals surface area contributed by atoms with E-state index >= 15 is 0 Å². The molecule has 4 heterocycles. The van der Waals surface area contributed by atoms with Gasteiger partial charge in [-0.05, 0) is 67.8 Å². The molecule has 1 aliphatic heterocycles. The fourth-order valence-corrected chi connectivity index (χ4v) is 4.50. The number of aryl methyl sites for hydroxylation is 1. The molecular weight excluding hydrogens is 445 g/mol. The summed E-state index contributed by atoms with van der Waals surface area (Å²) in [6.45, 7) is 3.71. The molecule has 8 nitrogen and oxygen atoms in total. The van der Waals surface area contributed by atoms with Gasteiger partial charge in [0, 0.05) is 36.1 Å². The van der Waals surface area contributed by atoms with Gasteiger partial charge in [-0.1, -0.05) is 6.92 Å². The van der Waals surface area contributed by atoms with Crippen LogP contribution in [0.3, 0.4) is 0 Å². The number of phenolic OH excluding ortho intramolecular Hbond substituents is 1. The third kappa shape index (κ3) is 4.67. The second kappa shape index (κ2) is 9.71. The van der Waals surface area contributed by atoms with Crippen LogP contribution in [0.15, 0.2) is 60.0 Å². The Balaban J connectivity index is 1.60. The van der Waals surface area contributed by atoms with Gasteiger partial charge in [0.25, 0.3) is 0 Å². The number of aliphatic imine (C=N–C) groups is 1. The second-order valence-electron chi connectivity index (χ2n) is 8.67. The van der Waals surface area contributed by atoms with Gasteiger partial charge in [0.2, 0.25) is 5.95 Å². The number of rotatable bonds is 7. The normalized spacial score (nSPS) is 16.2. The molecule has 5 N–H and O–H groups in total. The molecular formula is C26H28FN7O. The zero-order valence-corrected chi connectivity index (χ0v) is 19.5. The number of anilines is 1. The minimum absolute atomic E-state index is 0.192. The van der Waals surface area contributed by atoms with Gasteiger partial charge in [-0.2, -0.15) is 9.49 Å². The third-order valence-electron chi connectivity index (χ3n) is 6.36. The number of pyridine rings is 1. The first-order valence-corrected chi connectivity index (χ1v) is 11.8. The molecule has 1 fully saturated rings. The number of nitrogens with one attached hydrogen (secondary N) is 2. The molecule has 1 aromatic carbocycles. The topological polar surface area (TPSA) is 113 Å². The van der Waals surface area contributed by atoms with Crippen LogP contribution in [0.5, 0.6) is 5.75 Å². The summed E-state index contributed by atoms with van der Waals surface area (Å²) >= 11 is 0. The Bertz CT molecular complexity index is 1390. The summed E-state index contributed by atoms with van der Waals surface area (Å²) in [5.41, 5.74) is 11.4. The average molecular weight is 474 g/mol. The number of hydrogen-bond donors (Lipinski definition) is 4. The first kappa shape index (κ1) is 22.8. The summed E-state index contributed by atoms with van der Waals surface area (Å²) < 4.78 is 16.1. The SMILES string of the molecule is CCc1cc(O)ccc1/N=C(\N)c1cnn2cc(-c3cccnc3F)cc2c1NC[C@H]1CCCN1. The van der Waals surface area contributed by atoms with Crippen molar-refractivity contribution in [2.45, 2.75) is 32.2 Å². The molecule has 0 amide bonds. The Morgan fingerprint density at radius 3 is 3.00 bits per heavy atom. The molecule has 5 rings (SSSR count). The van der Waals surface area contributed by atoms with Gasteiger partial charge >= 0.3 is 0 Å². The lowest BCUT2D eigenvalue weighted by Crippen LogP contribution is -2.30. The molecule has 9 heteroatoms. The maximum Gasteiger partial charge on any atom is 0.220 e. The van der Waals surface area contributed by atoms with E-state index < -0.39 is 5.95 Å². The molecule has 0 aliphatic carbocycles. The Morgan fingerprint density at radius 1 is 1.34 bits per heavy atom. The van der Waals surface area contributed by atoms with Crippen molar-refractivity contribution in [1.29, 1.82) is 0 Å². The monoisotopic (exact) mass is 473 g/mol. The highest BCUT2D eigenvalue weighted by Crippen LogP contribution is 2.31. The van der Waals surface area contributed by atoms with E-state index in [1.165, 1.54) is 6.20 Å². The van der Waals surface area contributed by atoms with Crippen LogP contribution in [-0.4, -0.2) is 44.7 Å². The molecule has 4 aromatic rings. The van der Waals surface area contributed by atoms with Crippen molar-refractivity contribution in [1.82, 2.24) is 19.9 Å².